The van der Waals surface area contributed by atoms with Crippen molar-refractivity contribution in [2.24, 2.45) is 0 Å². The Kier molecular flexibility index (Phi) is 4.16. The number of carbonyl (C=O) groups is 2. The van der Waals surface area contributed by atoms with Crippen molar-refractivity contribution in [3.8, 4) is 0 Å². The van der Waals surface area contributed by atoms with E-state index in [1.54, 1.807) is 6.92 Å². The first-order chi connectivity index (χ1) is 10.1. The van der Waals surface area contributed by atoms with Crippen molar-refractivity contribution in [3.63, 3.8) is 0 Å². The van der Waals surface area contributed by atoms with E-state index in [0.29, 0.717) is 11.7 Å². The molecule has 7 nitrogen and oxygen atoms in total. The van der Waals surface area contributed by atoms with Gasteiger partial charge in [-0.3, -0.25) is 9.59 Å². The normalized spacial score (nSPS) is 22.1. The number of anilines is 1. The highest BCUT2D eigenvalue weighted by molar-refractivity contribution is 8.14. The van der Waals surface area contributed by atoms with Crippen LogP contribution in [-0.2, 0) is 4.79 Å². The van der Waals surface area contributed by atoms with Gasteiger partial charge in [0.25, 0.3) is 11.9 Å². The van der Waals surface area contributed by atoms with E-state index in [0.717, 1.165) is 32.6 Å². The number of oxazole rings is 1. The van der Waals surface area contributed by atoms with Crippen LogP contribution >= 0.6 is 11.8 Å². The molecule has 1 aromatic heterocycles. The van der Waals surface area contributed by atoms with Gasteiger partial charge in [-0.05, 0) is 13.0 Å². The molecule has 0 aromatic carbocycles. The zero-order valence-electron chi connectivity index (χ0n) is 11.8. The molecule has 3 rings (SSSR count). The lowest BCUT2D eigenvalue weighted by Gasteiger charge is -2.36. The van der Waals surface area contributed by atoms with Gasteiger partial charge in [0.05, 0.1) is 0 Å². The van der Waals surface area contributed by atoms with Gasteiger partial charge in [-0.1, -0.05) is 11.8 Å². The monoisotopic (exact) mass is 310 g/mol. The van der Waals surface area contributed by atoms with Crippen LogP contribution in [0.15, 0.2) is 10.7 Å². The Morgan fingerprint density at radius 3 is 3.00 bits per heavy atom. The maximum Gasteiger partial charge on any atom is 0.298 e. The first-order valence-corrected chi connectivity index (χ1v) is 7.89. The fourth-order valence-electron chi connectivity index (χ4n) is 2.45. The highest BCUT2D eigenvalue weighted by Gasteiger charge is 2.32. The molecule has 1 amide bonds. The quantitative estimate of drug-likeness (QED) is 0.823. The van der Waals surface area contributed by atoms with Crippen molar-refractivity contribution in [2.45, 2.75) is 24.6 Å². The van der Waals surface area contributed by atoms with Gasteiger partial charge in [0.15, 0.2) is 10.8 Å². The molecule has 0 saturated carbocycles. The van der Waals surface area contributed by atoms with E-state index in [9.17, 15) is 9.59 Å². The minimum Gasteiger partial charge on any atom is -0.431 e. The second-order valence-electron chi connectivity index (χ2n) is 5.31. The molecule has 8 heteroatoms. The Bertz CT molecular complexity index is 535. The maximum absolute atomic E-state index is 12.0. The van der Waals surface area contributed by atoms with Gasteiger partial charge >= 0.3 is 0 Å². The molecular formula is C13H18N4O3S. The summed E-state index contributed by atoms with van der Waals surface area (Å²) in [7, 11) is 0. The third-order valence-electron chi connectivity index (χ3n) is 3.57. The molecule has 0 aliphatic carbocycles. The lowest BCUT2D eigenvalue weighted by atomic mass is 10.2. The van der Waals surface area contributed by atoms with Crippen LogP contribution in [0.4, 0.5) is 6.01 Å². The van der Waals surface area contributed by atoms with E-state index >= 15 is 0 Å². The van der Waals surface area contributed by atoms with Crippen LogP contribution in [0.3, 0.4) is 0 Å². The van der Waals surface area contributed by atoms with Crippen molar-refractivity contribution >= 4 is 28.8 Å². The molecule has 1 aromatic rings. The van der Waals surface area contributed by atoms with Crippen LogP contribution in [0.5, 0.6) is 0 Å². The number of nitrogens with zero attached hydrogens (tertiary/aromatic N) is 2. The van der Waals surface area contributed by atoms with E-state index in [2.05, 4.69) is 15.6 Å². The van der Waals surface area contributed by atoms with Crippen molar-refractivity contribution in [2.75, 3.05) is 31.1 Å². The van der Waals surface area contributed by atoms with Crippen molar-refractivity contribution in [1.29, 1.82) is 0 Å². The van der Waals surface area contributed by atoms with Crippen molar-refractivity contribution in [1.82, 2.24) is 15.6 Å². The van der Waals surface area contributed by atoms with Gasteiger partial charge < -0.3 is 20.0 Å². The SMILES string of the molecule is CC(=O)SC1CN(c2nc(C(=O)N[C@@H]3CCNC3)co2)C1. The standard InChI is InChI=1S/C13H18N4O3S/c1-8(18)21-10-5-17(6-10)13-16-11(7-20-13)12(19)15-9-2-3-14-4-9/h7,9-10,14H,2-6H2,1H3,(H,15,19)/t9-/m1/s1. The van der Waals surface area contributed by atoms with Gasteiger partial charge in [-0.2, -0.15) is 4.98 Å². The van der Waals surface area contributed by atoms with Gasteiger partial charge in [0.2, 0.25) is 0 Å². The van der Waals surface area contributed by atoms with E-state index in [-0.39, 0.29) is 22.3 Å². The fraction of sp³-hybridized carbons (Fsp3) is 0.615. The second-order valence-corrected chi connectivity index (χ2v) is 6.79. The summed E-state index contributed by atoms with van der Waals surface area (Å²) < 4.78 is 5.35. The van der Waals surface area contributed by atoms with Gasteiger partial charge in [-0.15, -0.1) is 0 Å². The minimum absolute atomic E-state index is 0.122. The predicted molar refractivity (Wildman–Crippen MR) is 79.5 cm³/mol. The highest BCUT2D eigenvalue weighted by atomic mass is 32.2. The third-order valence-corrected chi connectivity index (χ3v) is 4.53. The van der Waals surface area contributed by atoms with Crippen LogP contribution < -0.4 is 15.5 Å². The Hall–Kier alpha value is -1.54. The molecule has 0 spiro atoms. The third kappa shape index (κ3) is 3.38. The maximum atomic E-state index is 12.0. The summed E-state index contributed by atoms with van der Waals surface area (Å²) in [6.45, 7) is 4.74. The van der Waals surface area contributed by atoms with Crippen LogP contribution in [0.1, 0.15) is 23.8 Å². The molecule has 0 radical (unpaired) electrons. The number of aromatic nitrogens is 1. The first kappa shape index (κ1) is 14.4. The number of nitrogens with one attached hydrogen (secondary N) is 2. The fourth-order valence-corrected chi connectivity index (χ4v) is 3.43. The lowest BCUT2D eigenvalue weighted by Crippen LogP contribution is -2.49. The summed E-state index contributed by atoms with van der Waals surface area (Å²) in [6, 6.07) is 0.614. The highest BCUT2D eigenvalue weighted by Crippen LogP contribution is 2.27. The van der Waals surface area contributed by atoms with Gasteiger partial charge in [-0.25, -0.2) is 0 Å². The zero-order chi connectivity index (χ0) is 14.8. The van der Waals surface area contributed by atoms with E-state index in [4.69, 9.17) is 4.42 Å². The van der Waals surface area contributed by atoms with Crippen LogP contribution in [0, 0.1) is 0 Å². The second kappa shape index (κ2) is 6.07. The Morgan fingerprint density at radius 2 is 2.33 bits per heavy atom. The van der Waals surface area contributed by atoms with E-state index in [1.165, 1.54) is 18.0 Å². The number of hydrogen-bond acceptors (Lipinski definition) is 7. The summed E-state index contributed by atoms with van der Waals surface area (Å²) in [6.07, 6.45) is 2.32. The van der Waals surface area contributed by atoms with Gasteiger partial charge in [0, 0.05) is 37.8 Å². The average Bonchev–Trinajstić information content (AvgIpc) is 3.03. The molecule has 1 atom stereocenters. The number of amides is 1. The molecule has 0 bridgehead atoms. The summed E-state index contributed by atoms with van der Waals surface area (Å²) in [5.74, 6) is -0.200. The summed E-state index contributed by atoms with van der Waals surface area (Å²) in [5, 5.41) is 6.53. The lowest BCUT2D eigenvalue weighted by molar-refractivity contribution is -0.109. The molecule has 21 heavy (non-hydrogen) atoms. The van der Waals surface area contributed by atoms with Crippen molar-refractivity contribution in [3.05, 3.63) is 12.0 Å². The summed E-state index contributed by atoms with van der Waals surface area (Å²) in [5.41, 5.74) is 0.305. The number of carbonyl (C=O) groups excluding carboxylic acids is 2. The molecule has 2 saturated heterocycles. The minimum atomic E-state index is -0.200. The number of rotatable bonds is 4. The first-order valence-electron chi connectivity index (χ1n) is 7.01. The molecule has 114 valence electrons. The average molecular weight is 310 g/mol. The topological polar surface area (TPSA) is 87.5 Å². The summed E-state index contributed by atoms with van der Waals surface area (Å²) >= 11 is 1.34. The molecule has 2 fully saturated rings. The smallest absolute Gasteiger partial charge is 0.298 e. The summed E-state index contributed by atoms with van der Waals surface area (Å²) in [4.78, 5) is 29.2. The number of hydrogen-bond donors (Lipinski definition) is 2. The van der Waals surface area contributed by atoms with Gasteiger partial charge in [0.1, 0.15) is 6.26 Å². The molecule has 0 unspecified atom stereocenters. The molecule has 2 N–H and O–H groups in total. The molecule has 2 aliphatic rings. The van der Waals surface area contributed by atoms with Crippen LogP contribution in [0.2, 0.25) is 0 Å². The number of thioether (sulfide) groups is 1. The van der Waals surface area contributed by atoms with Crippen molar-refractivity contribution < 1.29 is 14.0 Å². The van der Waals surface area contributed by atoms with E-state index in [1.807, 2.05) is 4.90 Å². The molecule has 3 heterocycles. The Labute approximate surface area is 126 Å². The Balaban J connectivity index is 1.52. The van der Waals surface area contributed by atoms with Crippen LogP contribution in [-0.4, -0.2) is 53.5 Å². The van der Waals surface area contributed by atoms with Crippen LogP contribution in [0.25, 0.3) is 0 Å². The Morgan fingerprint density at radius 1 is 1.52 bits per heavy atom. The molecular weight excluding hydrogens is 292 g/mol. The predicted octanol–water partition coefficient (Wildman–Crippen LogP) is 0.235. The molecule has 2 aliphatic heterocycles. The zero-order valence-corrected chi connectivity index (χ0v) is 12.6. The largest absolute Gasteiger partial charge is 0.431 e. The van der Waals surface area contributed by atoms with E-state index < -0.39 is 0 Å².